The molecule has 1 atom stereocenters. The minimum Gasteiger partial charge on any atom is -0.506 e. The van der Waals surface area contributed by atoms with Crippen molar-refractivity contribution in [2.24, 2.45) is 0 Å². The van der Waals surface area contributed by atoms with Gasteiger partial charge in [-0.05, 0) is 25.0 Å². The van der Waals surface area contributed by atoms with Gasteiger partial charge in [-0.2, -0.15) is 0 Å². The van der Waals surface area contributed by atoms with Gasteiger partial charge in [0.15, 0.2) is 0 Å². The highest BCUT2D eigenvalue weighted by Crippen LogP contribution is 2.25. The van der Waals surface area contributed by atoms with Gasteiger partial charge in [0.1, 0.15) is 11.6 Å². The normalized spacial score (nSPS) is 19.9. The summed E-state index contributed by atoms with van der Waals surface area (Å²) < 4.78 is 43.8. The zero-order valence-corrected chi connectivity index (χ0v) is 10.4. The van der Waals surface area contributed by atoms with Gasteiger partial charge in [0.2, 0.25) is 10.0 Å². The van der Waals surface area contributed by atoms with Crippen LogP contribution in [0.3, 0.4) is 0 Å². The van der Waals surface area contributed by atoms with Gasteiger partial charge in [0, 0.05) is 12.7 Å². The Morgan fingerprint density at radius 1 is 1.50 bits per heavy atom. The lowest BCUT2D eigenvalue weighted by Gasteiger charge is -2.12. The van der Waals surface area contributed by atoms with Crippen LogP contribution in [0, 0.1) is 5.82 Å². The molecule has 0 saturated carbocycles. The summed E-state index contributed by atoms with van der Waals surface area (Å²) in [5.41, 5.74) is -0.0330. The van der Waals surface area contributed by atoms with Gasteiger partial charge >= 0.3 is 0 Å². The van der Waals surface area contributed by atoms with E-state index in [-0.39, 0.29) is 17.5 Å². The number of halogens is 1. The van der Waals surface area contributed by atoms with Crippen LogP contribution in [0.1, 0.15) is 12.8 Å². The third kappa shape index (κ3) is 3.33. The maximum atomic E-state index is 12.8. The number of hydrogen-bond donors (Lipinski definition) is 2. The van der Waals surface area contributed by atoms with E-state index in [0.717, 1.165) is 18.6 Å². The third-order valence-electron chi connectivity index (χ3n) is 2.65. The molecule has 1 saturated heterocycles. The topological polar surface area (TPSA) is 75.6 Å². The maximum Gasteiger partial charge on any atom is 0.235 e. The molecular weight excluding hydrogens is 261 g/mol. The average molecular weight is 275 g/mol. The van der Waals surface area contributed by atoms with E-state index >= 15 is 0 Å². The van der Waals surface area contributed by atoms with Crippen molar-refractivity contribution in [3.63, 3.8) is 0 Å². The molecule has 100 valence electrons. The molecular formula is C11H14FNO4S. The summed E-state index contributed by atoms with van der Waals surface area (Å²) in [6.07, 6.45) is 1.24. The minimum absolute atomic E-state index is 0.0330. The van der Waals surface area contributed by atoms with Crippen molar-refractivity contribution in [1.82, 2.24) is 0 Å². The SMILES string of the molecule is O=S(=O)(CC1CCCO1)Nc1ccc(F)cc1O. The van der Waals surface area contributed by atoms with Crippen molar-refractivity contribution in [2.45, 2.75) is 18.9 Å². The molecule has 0 radical (unpaired) electrons. The molecule has 1 aliphatic heterocycles. The number of ether oxygens (including phenoxy) is 1. The number of rotatable bonds is 4. The second-order valence-electron chi connectivity index (χ2n) is 4.18. The Bertz CT molecular complexity index is 526. The van der Waals surface area contributed by atoms with Crippen molar-refractivity contribution in [2.75, 3.05) is 17.1 Å². The summed E-state index contributed by atoms with van der Waals surface area (Å²) in [5, 5.41) is 9.42. The molecule has 2 N–H and O–H groups in total. The lowest BCUT2D eigenvalue weighted by molar-refractivity contribution is 0.127. The predicted molar refractivity (Wildman–Crippen MR) is 64.4 cm³/mol. The monoisotopic (exact) mass is 275 g/mol. The largest absolute Gasteiger partial charge is 0.506 e. The molecule has 0 aliphatic carbocycles. The number of benzene rings is 1. The van der Waals surface area contributed by atoms with Crippen LogP contribution in [-0.4, -0.2) is 32.0 Å². The highest BCUT2D eigenvalue weighted by atomic mass is 32.2. The van der Waals surface area contributed by atoms with E-state index in [0.29, 0.717) is 13.0 Å². The van der Waals surface area contributed by atoms with Crippen molar-refractivity contribution >= 4 is 15.7 Å². The summed E-state index contributed by atoms with van der Waals surface area (Å²) in [5.74, 6) is -1.23. The number of sulfonamides is 1. The quantitative estimate of drug-likeness (QED) is 0.816. The van der Waals surface area contributed by atoms with E-state index in [9.17, 15) is 17.9 Å². The fourth-order valence-electron chi connectivity index (χ4n) is 1.82. The number of phenols is 1. The second kappa shape index (κ2) is 5.11. The average Bonchev–Trinajstić information content (AvgIpc) is 2.74. The summed E-state index contributed by atoms with van der Waals surface area (Å²) in [6.45, 7) is 0.571. The van der Waals surface area contributed by atoms with Crippen LogP contribution >= 0.6 is 0 Å². The van der Waals surface area contributed by atoms with E-state index in [2.05, 4.69) is 4.72 Å². The molecule has 0 aromatic heterocycles. The molecule has 1 heterocycles. The molecule has 1 aromatic rings. The zero-order valence-electron chi connectivity index (χ0n) is 9.60. The van der Waals surface area contributed by atoms with Gasteiger partial charge in [-0.25, -0.2) is 12.8 Å². The van der Waals surface area contributed by atoms with E-state index in [4.69, 9.17) is 4.74 Å². The molecule has 0 bridgehead atoms. The van der Waals surface area contributed by atoms with Crippen LogP contribution in [-0.2, 0) is 14.8 Å². The fourth-order valence-corrected chi connectivity index (χ4v) is 3.16. The van der Waals surface area contributed by atoms with Crippen LogP contribution in [0.4, 0.5) is 10.1 Å². The van der Waals surface area contributed by atoms with Crippen LogP contribution < -0.4 is 4.72 Å². The number of hydrogen-bond acceptors (Lipinski definition) is 4. The van der Waals surface area contributed by atoms with Gasteiger partial charge in [-0.15, -0.1) is 0 Å². The van der Waals surface area contributed by atoms with Gasteiger partial charge < -0.3 is 9.84 Å². The highest BCUT2D eigenvalue weighted by molar-refractivity contribution is 7.92. The van der Waals surface area contributed by atoms with Crippen molar-refractivity contribution < 1.29 is 22.7 Å². The first-order valence-electron chi connectivity index (χ1n) is 5.57. The lowest BCUT2D eigenvalue weighted by atomic mass is 10.3. The molecule has 1 aliphatic rings. The third-order valence-corrected chi connectivity index (χ3v) is 4.00. The first-order chi connectivity index (χ1) is 8.46. The first kappa shape index (κ1) is 13.1. The highest BCUT2D eigenvalue weighted by Gasteiger charge is 2.23. The summed E-state index contributed by atoms with van der Waals surface area (Å²) >= 11 is 0. The fraction of sp³-hybridized carbons (Fsp3) is 0.455. The smallest absolute Gasteiger partial charge is 0.235 e. The summed E-state index contributed by atoms with van der Waals surface area (Å²) in [7, 11) is -3.61. The minimum atomic E-state index is -3.61. The van der Waals surface area contributed by atoms with Gasteiger partial charge in [-0.1, -0.05) is 0 Å². The van der Waals surface area contributed by atoms with Gasteiger partial charge in [0.25, 0.3) is 0 Å². The van der Waals surface area contributed by atoms with Crippen molar-refractivity contribution in [1.29, 1.82) is 0 Å². The zero-order chi connectivity index (χ0) is 13.2. The van der Waals surface area contributed by atoms with E-state index in [1.54, 1.807) is 0 Å². The molecule has 1 unspecified atom stereocenters. The van der Waals surface area contributed by atoms with E-state index in [1.807, 2.05) is 0 Å². The molecule has 0 amide bonds. The standard InChI is InChI=1S/C11H14FNO4S/c12-8-3-4-10(11(14)6-8)13-18(15,16)7-9-2-1-5-17-9/h3-4,6,9,13-14H,1-2,5,7H2. The molecule has 5 nitrogen and oxygen atoms in total. The Morgan fingerprint density at radius 2 is 2.28 bits per heavy atom. The molecule has 0 spiro atoms. The summed E-state index contributed by atoms with van der Waals surface area (Å²) in [4.78, 5) is 0. The Morgan fingerprint density at radius 3 is 2.89 bits per heavy atom. The second-order valence-corrected chi connectivity index (χ2v) is 5.95. The predicted octanol–water partition coefficient (Wildman–Crippen LogP) is 1.45. The van der Waals surface area contributed by atoms with E-state index in [1.165, 1.54) is 6.07 Å². The van der Waals surface area contributed by atoms with Crippen molar-refractivity contribution in [3.05, 3.63) is 24.0 Å². The van der Waals surface area contributed by atoms with Crippen molar-refractivity contribution in [3.8, 4) is 5.75 Å². The molecule has 1 aromatic carbocycles. The summed E-state index contributed by atoms with van der Waals surface area (Å²) in [6, 6.07) is 3.10. The Kier molecular flexibility index (Phi) is 3.72. The van der Waals surface area contributed by atoms with Crippen LogP contribution in [0.25, 0.3) is 0 Å². The number of anilines is 1. The van der Waals surface area contributed by atoms with E-state index < -0.39 is 21.6 Å². The lowest BCUT2D eigenvalue weighted by Crippen LogP contribution is -2.25. The molecule has 18 heavy (non-hydrogen) atoms. The molecule has 1 fully saturated rings. The Hall–Kier alpha value is -1.34. The van der Waals surface area contributed by atoms with Crippen LogP contribution in [0.15, 0.2) is 18.2 Å². The Labute approximate surface area is 105 Å². The van der Waals surface area contributed by atoms with Crippen LogP contribution in [0.2, 0.25) is 0 Å². The van der Waals surface area contributed by atoms with Gasteiger partial charge in [0.05, 0.1) is 17.5 Å². The number of nitrogens with one attached hydrogen (secondary N) is 1. The number of aromatic hydroxyl groups is 1. The molecule has 7 heteroatoms. The van der Waals surface area contributed by atoms with Crippen LogP contribution in [0.5, 0.6) is 5.75 Å². The molecule has 2 rings (SSSR count). The maximum absolute atomic E-state index is 12.8. The Balaban J connectivity index is 2.07. The van der Waals surface area contributed by atoms with Gasteiger partial charge in [-0.3, -0.25) is 4.72 Å². The first-order valence-corrected chi connectivity index (χ1v) is 7.22. The number of phenolic OH excluding ortho intramolecular Hbond substituents is 1.